The van der Waals surface area contributed by atoms with E-state index in [0.29, 0.717) is 19.4 Å². The van der Waals surface area contributed by atoms with Crippen LogP contribution in [0.25, 0.3) is 0 Å². The van der Waals surface area contributed by atoms with Gasteiger partial charge in [-0.2, -0.15) is 0 Å². The SMILES string of the molecule is CC[C@@H]1C[C@@H](C(NC(=O)OC)C(=O)O)CCO1. The second-order valence-electron chi connectivity index (χ2n) is 4.14. The lowest BCUT2D eigenvalue weighted by Crippen LogP contribution is -2.48. The fraction of sp³-hybridized carbons (Fsp3) is 0.818. The standard InChI is InChI=1S/C11H19NO5/c1-3-8-6-7(4-5-17-8)9(10(13)14)12-11(15)16-2/h7-9H,3-6H2,1-2H3,(H,12,15)(H,13,14)/t7-,8+,9?/m0/s1. The van der Waals surface area contributed by atoms with Crippen LogP contribution in [-0.2, 0) is 14.3 Å². The molecule has 0 saturated carbocycles. The third-order valence-corrected chi connectivity index (χ3v) is 3.06. The van der Waals surface area contributed by atoms with Crippen molar-refractivity contribution in [2.75, 3.05) is 13.7 Å². The number of carbonyl (C=O) groups is 2. The van der Waals surface area contributed by atoms with Gasteiger partial charge in [0.2, 0.25) is 0 Å². The van der Waals surface area contributed by atoms with Gasteiger partial charge in [-0.15, -0.1) is 0 Å². The lowest BCUT2D eigenvalue weighted by Gasteiger charge is -2.32. The summed E-state index contributed by atoms with van der Waals surface area (Å²) in [6.07, 6.45) is 1.50. The van der Waals surface area contributed by atoms with Crippen molar-refractivity contribution < 1.29 is 24.2 Å². The quantitative estimate of drug-likeness (QED) is 0.771. The normalized spacial score (nSPS) is 26.0. The molecule has 1 aliphatic heterocycles. The summed E-state index contributed by atoms with van der Waals surface area (Å²) in [5.41, 5.74) is 0. The first-order valence-electron chi connectivity index (χ1n) is 5.77. The van der Waals surface area contributed by atoms with Gasteiger partial charge in [0, 0.05) is 6.61 Å². The van der Waals surface area contributed by atoms with Crippen molar-refractivity contribution in [2.24, 2.45) is 5.92 Å². The molecule has 1 fully saturated rings. The average molecular weight is 245 g/mol. The summed E-state index contributed by atoms with van der Waals surface area (Å²) in [5, 5.41) is 11.5. The van der Waals surface area contributed by atoms with Crippen molar-refractivity contribution in [3.05, 3.63) is 0 Å². The van der Waals surface area contributed by atoms with E-state index in [1.807, 2.05) is 6.92 Å². The Morgan fingerprint density at radius 1 is 1.59 bits per heavy atom. The highest BCUT2D eigenvalue weighted by molar-refractivity contribution is 5.80. The minimum atomic E-state index is -1.03. The Hall–Kier alpha value is -1.30. The van der Waals surface area contributed by atoms with E-state index >= 15 is 0 Å². The zero-order valence-corrected chi connectivity index (χ0v) is 10.1. The van der Waals surface area contributed by atoms with Gasteiger partial charge in [-0.05, 0) is 25.2 Å². The summed E-state index contributed by atoms with van der Waals surface area (Å²) in [5.74, 6) is -1.14. The lowest BCUT2D eigenvalue weighted by atomic mass is 9.88. The third kappa shape index (κ3) is 3.89. The number of nitrogens with one attached hydrogen (secondary N) is 1. The van der Waals surface area contributed by atoms with Crippen LogP contribution in [0.1, 0.15) is 26.2 Å². The van der Waals surface area contributed by atoms with Gasteiger partial charge in [0.1, 0.15) is 6.04 Å². The van der Waals surface area contributed by atoms with Gasteiger partial charge in [-0.3, -0.25) is 0 Å². The summed E-state index contributed by atoms with van der Waals surface area (Å²) >= 11 is 0. The van der Waals surface area contributed by atoms with E-state index in [2.05, 4.69) is 10.1 Å². The molecule has 17 heavy (non-hydrogen) atoms. The number of methoxy groups -OCH3 is 1. The van der Waals surface area contributed by atoms with E-state index < -0.39 is 18.1 Å². The van der Waals surface area contributed by atoms with Crippen molar-refractivity contribution in [3.63, 3.8) is 0 Å². The van der Waals surface area contributed by atoms with Crippen molar-refractivity contribution in [2.45, 2.75) is 38.3 Å². The molecule has 3 atom stereocenters. The van der Waals surface area contributed by atoms with Crippen LogP contribution in [0.3, 0.4) is 0 Å². The van der Waals surface area contributed by atoms with Crippen LogP contribution in [0, 0.1) is 5.92 Å². The minimum absolute atomic E-state index is 0.0787. The highest BCUT2D eigenvalue weighted by atomic mass is 16.5. The van der Waals surface area contributed by atoms with E-state index in [1.54, 1.807) is 0 Å². The Balaban J connectivity index is 2.63. The number of hydrogen-bond acceptors (Lipinski definition) is 4. The monoisotopic (exact) mass is 245 g/mol. The number of amides is 1. The molecule has 0 aromatic rings. The van der Waals surface area contributed by atoms with Gasteiger partial charge in [0.25, 0.3) is 0 Å². The van der Waals surface area contributed by atoms with Gasteiger partial charge < -0.3 is 19.9 Å². The maximum absolute atomic E-state index is 11.1. The highest BCUT2D eigenvalue weighted by Gasteiger charge is 2.34. The van der Waals surface area contributed by atoms with Crippen molar-refractivity contribution >= 4 is 12.1 Å². The molecule has 0 aromatic heterocycles. The first kappa shape index (κ1) is 13.8. The molecule has 0 radical (unpaired) electrons. The molecule has 2 N–H and O–H groups in total. The Morgan fingerprint density at radius 2 is 2.29 bits per heavy atom. The van der Waals surface area contributed by atoms with Crippen LogP contribution in [0.15, 0.2) is 0 Å². The summed E-state index contributed by atoms with van der Waals surface area (Å²) in [7, 11) is 1.22. The van der Waals surface area contributed by atoms with Crippen LogP contribution in [0.2, 0.25) is 0 Å². The zero-order chi connectivity index (χ0) is 12.8. The van der Waals surface area contributed by atoms with Gasteiger partial charge in [0.15, 0.2) is 0 Å². The second-order valence-corrected chi connectivity index (χ2v) is 4.14. The predicted octanol–water partition coefficient (Wildman–Crippen LogP) is 1.00. The largest absolute Gasteiger partial charge is 0.480 e. The molecule has 0 spiro atoms. The van der Waals surface area contributed by atoms with E-state index in [1.165, 1.54) is 7.11 Å². The fourth-order valence-electron chi connectivity index (χ4n) is 2.06. The summed E-state index contributed by atoms with van der Waals surface area (Å²) in [6.45, 7) is 2.53. The molecule has 1 unspecified atom stereocenters. The molecule has 1 heterocycles. The Labute approximate surface area is 100 Å². The molecule has 0 aromatic carbocycles. The molecule has 1 rings (SSSR count). The number of aliphatic carboxylic acids is 1. The maximum Gasteiger partial charge on any atom is 0.407 e. The van der Waals surface area contributed by atoms with E-state index in [4.69, 9.17) is 9.84 Å². The van der Waals surface area contributed by atoms with Gasteiger partial charge >= 0.3 is 12.1 Å². The van der Waals surface area contributed by atoms with E-state index in [9.17, 15) is 9.59 Å². The molecule has 0 aliphatic carbocycles. The topological polar surface area (TPSA) is 84.9 Å². The number of carboxylic acids is 1. The van der Waals surface area contributed by atoms with Crippen LogP contribution in [0.4, 0.5) is 4.79 Å². The van der Waals surface area contributed by atoms with Gasteiger partial charge in [0.05, 0.1) is 13.2 Å². The van der Waals surface area contributed by atoms with Crippen molar-refractivity contribution in [1.29, 1.82) is 0 Å². The molecule has 1 amide bonds. The maximum atomic E-state index is 11.1. The highest BCUT2D eigenvalue weighted by Crippen LogP contribution is 2.25. The lowest BCUT2D eigenvalue weighted by molar-refractivity contribution is -0.142. The predicted molar refractivity (Wildman–Crippen MR) is 59.7 cm³/mol. The number of ether oxygens (including phenoxy) is 2. The number of carbonyl (C=O) groups excluding carboxylic acids is 1. The third-order valence-electron chi connectivity index (χ3n) is 3.06. The first-order valence-corrected chi connectivity index (χ1v) is 5.77. The van der Waals surface area contributed by atoms with Crippen LogP contribution >= 0.6 is 0 Å². The molecule has 0 bridgehead atoms. The molecule has 1 aliphatic rings. The molecule has 98 valence electrons. The number of rotatable bonds is 4. The molecular weight excluding hydrogens is 226 g/mol. The van der Waals surface area contributed by atoms with Gasteiger partial charge in [-0.25, -0.2) is 9.59 Å². The summed E-state index contributed by atoms with van der Waals surface area (Å²) in [6, 6.07) is -0.902. The smallest absolute Gasteiger partial charge is 0.407 e. The molecule has 1 saturated heterocycles. The van der Waals surface area contributed by atoms with Crippen LogP contribution in [-0.4, -0.2) is 43.0 Å². The first-order chi connectivity index (χ1) is 8.08. The minimum Gasteiger partial charge on any atom is -0.480 e. The van der Waals surface area contributed by atoms with Crippen LogP contribution in [0.5, 0.6) is 0 Å². The van der Waals surface area contributed by atoms with E-state index in [-0.39, 0.29) is 12.0 Å². The van der Waals surface area contributed by atoms with Crippen molar-refractivity contribution in [1.82, 2.24) is 5.32 Å². The molecule has 6 heteroatoms. The Kier molecular flexibility index (Phi) is 5.21. The molecule has 6 nitrogen and oxygen atoms in total. The Bertz CT molecular complexity index is 281. The number of hydrogen-bond donors (Lipinski definition) is 2. The summed E-state index contributed by atoms with van der Waals surface area (Å²) in [4.78, 5) is 22.2. The van der Waals surface area contributed by atoms with Crippen molar-refractivity contribution in [3.8, 4) is 0 Å². The number of carboxylic acid groups (broad SMARTS) is 1. The van der Waals surface area contributed by atoms with Crippen LogP contribution < -0.4 is 5.32 Å². The fourth-order valence-corrected chi connectivity index (χ4v) is 2.06. The zero-order valence-electron chi connectivity index (χ0n) is 10.1. The Morgan fingerprint density at radius 3 is 2.82 bits per heavy atom. The average Bonchev–Trinajstić information content (AvgIpc) is 2.35. The summed E-state index contributed by atoms with van der Waals surface area (Å²) < 4.78 is 9.91. The number of alkyl carbamates (subject to hydrolysis) is 1. The molecular formula is C11H19NO5. The van der Waals surface area contributed by atoms with Gasteiger partial charge in [-0.1, -0.05) is 6.92 Å². The van der Waals surface area contributed by atoms with E-state index in [0.717, 1.165) is 6.42 Å². The second kappa shape index (κ2) is 6.44.